The van der Waals surface area contributed by atoms with Crippen molar-refractivity contribution in [3.05, 3.63) is 101 Å². The molecule has 1 fully saturated rings. The van der Waals surface area contributed by atoms with Gasteiger partial charge in [-0.05, 0) is 82.7 Å². The first-order chi connectivity index (χ1) is 15.5. The molecule has 0 spiro atoms. The summed E-state index contributed by atoms with van der Waals surface area (Å²) in [5.41, 5.74) is 2.09. The number of pyridine rings is 1. The molecule has 8 heteroatoms. The van der Waals surface area contributed by atoms with Gasteiger partial charge in [-0.1, -0.05) is 18.2 Å². The minimum Gasteiger partial charge on any atom is -0.506 e. The number of aromatic nitrogens is 1. The van der Waals surface area contributed by atoms with Gasteiger partial charge >= 0.3 is 0 Å². The van der Waals surface area contributed by atoms with Crippen molar-refractivity contribution in [2.45, 2.75) is 12.1 Å². The van der Waals surface area contributed by atoms with Gasteiger partial charge in [-0.25, -0.2) is 4.39 Å². The van der Waals surface area contributed by atoms with E-state index in [1.165, 1.54) is 12.1 Å². The van der Waals surface area contributed by atoms with Gasteiger partial charge in [0.2, 0.25) is 0 Å². The molecule has 0 saturated carbocycles. The normalized spacial score (nSPS) is 18.1. The van der Waals surface area contributed by atoms with Crippen LogP contribution >= 0.6 is 28.1 Å². The lowest BCUT2D eigenvalue weighted by Gasteiger charge is -2.26. The maximum absolute atomic E-state index is 13.6. The third kappa shape index (κ3) is 3.65. The molecule has 2 N–H and O–H groups in total. The predicted molar refractivity (Wildman–Crippen MR) is 128 cm³/mol. The molecule has 1 aliphatic rings. The monoisotopic (exact) mass is 509 g/mol. The number of nitrogens with zero attached hydrogens (tertiary/aromatic N) is 2. The Morgan fingerprint density at radius 2 is 1.88 bits per heavy atom. The van der Waals surface area contributed by atoms with Crippen LogP contribution in [0, 0.1) is 5.82 Å². The number of phenolic OH excluding ortho intramolecular Hbond substituents is 1. The fourth-order valence-corrected chi connectivity index (χ4v) is 4.80. The first-order valence-electron chi connectivity index (χ1n) is 9.87. The van der Waals surface area contributed by atoms with Crippen LogP contribution in [0.3, 0.4) is 0 Å². The fraction of sp³-hybridized carbons (Fsp3) is 0.0833. The van der Waals surface area contributed by atoms with Crippen LogP contribution in [-0.2, 0) is 0 Å². The zero-order valence-electron chi connectivity index (χ0n) is 16.6. The summed E-state index contributed by atoms with van der Waals surface area (Å²) in [5, 5.41) is 14.3. The fourth-order valence-electron chi connectivity index (χ4n) is 3.92. The molecule has 5 nitrogen and oxygen atoms in total. The number of hydrogen-bond acceptors (Lipinski definition) is 4. The van der Waals surface area contributed by atoms with Crippen molar-refractivity contribution in [1.29, 1.82) is 0 Å². The van der Waals surface area contributed by atoms with E-state index < -0.39 is 6.04 Å². The van der Waals surface area contributed by atoms with E-state index >= 15 is 0 Å². The molecule has 0 unspecified atom stereocenters. The van der Waals surface area contributed by atoms with Crippen LogP contribution < -0.4 is 10.2 Å². The van der Waals surface area contributed by atoms with Crippen LogP contribution in [0.5, 0.6) is 5.75 Å². The van der Waals surface area contributed by atoms with Gasteiger partial charge in [0.05, 0.1) is 17.4 Å². The number of para-hydroxylation sites is 2. The second-order valence-electron chi connectivity index (χ2n) is 7.31. The number of benzene rings is 2. The zero-order valence-corrected chi connectivity index (χ0v) is 19.0. The van der Waals surface area contributed by atoms with Crippen LogP contribution in [0.15, 0.2) is 87.9 Å². The molecular weight excluding hydrogens is 493 g/mol. The van der Waals surface area contributed by atoms with Crippen LogP contribution in [-0.4, -0.2) is 15.2 Å². The first-order valence-corrected chi connectivity index (χ1v) is 11.1. The molecule has 4 aromatic rings. The molecule has 1 aliphatic heterocycles. The summed E-state index contributed by atoms with van der Waals surface area (Å²) < 4.78 is 20.4. The molecule has 5 rings (SSSR count). The molecule has 1 saturated heterocycles. The molecular formula is C24H17BrFN3O2S. The lowest BCUT2D eigenvalue weighted by molar-refractivity contribution is 0.434. The molecule has 0 radical (unpaired) electrons. The standard InChI is InChI=1S/C24H17BrFN3O2S/c25-16-13-14(26)8-9-15(16)20-10-11-21(31-20)23-22(17-5-3-4-12-27-17)28-24(32)29(23)18-6-1-2-7-19(18)30/h1-13,22-23,30H,(H,28,32)/t22-,23+/m0/s1. The van der Waals surface area contributed by atoms with Crippen molar-refractivity contribution >= 4 is 38.9 Å². The van der Waals surface area contributed by atoms with E-state index in [2.05, 4.69) is 26.2 Å². The SMILES string of the molecule is Oc1ccccc1N1C(=S)N[C@@H](c2ccccn2)[C@H]1c1ccc(-c2ccc(F)cc2Br)o1. The van der Waals surface area contributed by atoms with Crippen molar-refractivity contribution in [2.24, 2.45) is 0 Å². The van der Waals surface area contributed by atoms with Crippen molar-refractivity contribution in [2.75, 3.05) is 4.90 Å². The van der Waals surface area contributed by atoms with E-state index in [4.69, 9.17) is 16.6 Å². The molecule has 0 bridgehead atoms. The predicted octanol–water partition coefficient (Wildman–Crippen LogP) is 6.13. The Morgan fingerprint density at radius 1 is 1.06 bits per heavy atom. The third-order valence-electron chi connectivity index (χ3n) is 5.35. The summed E-state index contributed by atoms with van der Waals surface area (Å²) in [5.74, 6) is 0.985. The number of aromatic hydroxyl groups is 1. The highest BCUT2D eigenvalue weighted by Gasteiger charge is 2.43. The Labute approximate surface area is 197 Å². The Hall–Kier alpha value is -3.23. The summed E-state index contributed by atoms with van der Waals surface area (Å²) >= 11 is 9.06. The quantitative estimate of drug-likeness (QED) is 0.323. The van der Waals surface area contributed by atoms with Crippen LogP contribution in [0.2, 0.25) is 0 Å². The molecule has 32 heavy (non-hydrogen) atoms. The maximum atomic E-state index is 13.6. The van der Waals surface area contributed by atoms with E-state index in [1.54, 1.807) is 30.5 Å². The second kappa shape index (κ2) is 8.37. The van der Waals surface area contributed by atoms with Crippen molar-refractivity contribution < 1.29 is 13.9 Å². The number of hydrogen-bond donors (Lipinski definition) is 2. The molecule has 0 amide bonds. The van der Waals surface area contributed by atoms with E-state index in [0.717, 1.165) is 11.3 Å². The summed E-state index contributed by atoms with van der Waals surface area (Å²) in [7, 11) is 0. The van der Waals surface area contributed by atoms with Gasteiger partial charge in [-0.3, -0.25) is 4.98 Å². The molecule has 0 aliphatic carbocycles. The number of phenols is 1. The highest BCUT2D eigenvalue weighted by Crippen LogP contribution is 2.45. The first kappa shape index (κ1) is 20.7. The van der Waals surface area contributed by atoms with Crippen LogP contribution in [0.25, 0.3) is 11.3 Å². The average Bonchev–Trinajstić information content (AvgIpc) is 3.39. The van der Waals surface area contributed by atoms with Crippen molar-refractivity contribution in [1.82, 2.24) is 10.3 Å². The summed E-state index contributed by atoms with van der Waals surface area (Å²) in [6.07, 6.45) is 1.73. The Balaban J connectivity index is 1.62. The Morgan fingerprint density at radius 3 is 2.62 bits per heavy atom. The van der Waals surface area contributed by atoms with Crippen molar-refractivity contribution in [3.63, 3.8) is 0 Å². The van der Waals surface area contributed by atoms with Crippen LogP contribution in [0.4, 0.5) is 10.1 Å². The average molecular weight is 510 g/mol. The lowest BCUT2D eigenvalue weighted by Crippen LogP contribution is -2.29. The zero-order chi connectivity index (χ0) is 22.2. The molecule has 160 valence electrons. The number of thiocarbonyl (C=S) groups is 1. The number of furan rings is 1. The number of nitrogens with one attached hydrogen (secondary N) is 1. The summed E-state index contributed by atoms with van der Waals surface area (Å²) in [4.78, 5) is 6.35. The van der Waals surface area contributed by atoms with Gasteiger partial charge in [0.15, 0.2) is 5.11 Å². The van der Waals surface area contributed by atoms with Gasteiger partial charge < -0.3 is 19.7 Å². The molecule has 2 aromatic heterocycles. The lowest BCUT2D eigenvalue weighted by atomic mass is 10.0. The topological polar surface area (TPSA) is 61.5 Å². The summed E-state index contributed by atoms with van der Waals surface area (Å²) in [6, 6.07) is 20.1. The Kier molecular flexibility index (Phi) is 5.40. The smallest absolute Gasteiger partial charge is 0.174 e. The van der Waals surface area contributed by atoms with Crippen molar-refractivity contribution in [3.8, 4) is 17.1 Å². The second-order valence-corrected chi connectivity index (χ2v) is 8.55. The molecule has 2 atom stereocenters. The third-order valence-corrected chi connectivity index (χ3v) is 6.32. The van der Waals surface area contributed by atoms with Gasteiger partial charge in [0.1, 0.15) is 29.1 Å². The Bertz CT molecular complexity index is 1300. The van der Waals surface area contributed by atoms with Gasteiger partial charge in [0, 0.05) is 16.2 Å². The van der Waals surface area contributed by atoms with E-state index in [1.807, 2.05) is 41.3 Å². The minimum absolute atomic E-state index is 0.108. The maximum Gasteiger partial charge on any atom is 0.174 e. The summed E-state index contributed by atoms with van der Waals surface area (Å²) in [6.45, 7) is 0. The molecule has 3 heterocycles. The number of halogens is 2. The van der Waals surface area contributed by atoms with Gasteiger partial charge in [-0.2, -0.15) is 0 Å². The van der Waals surface area contributed by atoms with Gasteiger partial charge in [0.25, 0.3) is 0 Å². The minimum atomic E-state index is -0.404. The van der Waals surface area contributed by atoms with E-state index in [0.29, 0.717) is 26.8 Å². The molecule has 2 aromatic carbocycles. The highest BCUT2D eigenvalue weighted by atomic mass is 79.9. The largest absolute Gasteiger partial charge is 0.506 e. The highest BCUT2D eigenvalue weighted by molar-refractivity contribution is 9.10. The van der Waals surface area contributed by atoms with Crippen LogP contribution in [0.1, 0.15) is 23.5 Å². The number of anilines is 1. The van der Waals surface area contributed by atoms with E-state index in [-0.39, 0.29) is 17.6 Å². The number of rotatable bonds is 4. The van der Waals surface area contributed by atoms with Gasteiger partial charge in [-0.15, -0.1) is 0 Å². The van der Waals surface area contributed by atoms with E-state index in [9.17, 15) is 9.50 Å².